The minimum Gasteiger partial charge on any atom is -0.343 e. The monoisotopic (exact) mass is 367 g/mol. The van der Waals surface area contributed by atoms with Crippen molar-refractivity contribution in [3.8, 4) is 0 Å². The average Bonchev–Trinajstić information content (AvgIpc) is 2.63. The molecule has 2 rings (SSSR count). The van der Waals surface area contributed by atoms with Crippen molar-refractivity contribution in [3.05, 3.63) is 64.7 Å². The molecule has 3 amide bonds. The molecule has 0 aromatic heterocycles. The zero-order chi connectivity index (χ0) is 20.0. The molecule has 0 aliphatic carbocycles. The second kappa shape index (κ2) is 8.98. The molecule has 0 heterocycles. The quantitative estimate of drug-likeness (QED) is 0.823. The van der Waals surface area contributed by atoms with Gasteiger partial charge in [-0.3, -0.25) is 14.4 Å². The van der Waals surface area contributed by atoms with Crippen LogP contribution in [0.2, 0.25) is 0 Å². The van der Waals surface area contributed by atoms with Gasteiger partial charge in [0.15, 0.2) is 0 Å². The molecule has 27 heavy (non-hydrogen) atoms. The Morgan fingerprint density at radius 3 is 2.41 bits per heavy atom. The van der Waals surface area contributed by atoms with Gasteiger partial charge in [-0.05, 0) is 50.1 Å². The summed E-state index contributed by atoms with van der Waals surface area (Å²) in [5.74, 6) is -0.947. The van der Waals surface area contributed by atoms with Gasteiger partial charge in [0, 0.05) is 18.3 Å². The van der Waals surface area contributed by atoms with E-state index in [1.165, 1.54) is 11.9 Å². The zero-order valence-electron chi connectivity index (χ0n) is 16.1. The first kappa shape index (κ1) is 20.2. The number of anilines is 1. The van der Waals surface area contributed by atoms with Crippen LogP contribution in [0.25, 0.3) is 0 Å². The maximum absolute atomic E-state index is 12.2. The van der Waals surface area contributed by atoms with Crippen molar-refractivity contribution in [2.24, 2.45) is 0 Å². The van der Waals surface area contributed by atoms with E-state index in [9.17, 15) is 14.4 Å². The third-order valence-electron chi connectivity index (χ3n) is 4.37. The molecule has 6 nitrogen and oxygen atoms in total. The summed E-state index contributed by atoms with van der Waals surface area (Å²) in [7, 11) is 1.53. The van der Waals surface area contributed by atoms with Crippen molar-refractivity contribution in [1.82, 2.24) is 10.2 Å². The van der Waals surface area contributed by atoms with E-state index in [0.717, 1.165) is 22.4 Å². The summed E-state index contributed by atoms with van der Waals surface area (Å²) in [6, 6.07) is 12.8. The van der Waals surface area contributed by atoms with Crippen molar-refractivity contribution in [2.45, 2.75) is 20.8 Å². The number of aryl methyl sites for hydroxylation is 2. The lowest BCUT2D eigenvalue weighted by atomic mass is 10.1. The van der Waals surface area contributed by atoms with Crippen molar-refractivity contribution >= 4 is 23.4 Å². The minimum atomic E-state index is -0.341. The van der Waals surface area contributed by atoms with E-state index >= 15 is 0 Å². The van der Waals surface area contributed by atoms with Crippen LogP contribution in [0, 0.1) is 20.8 Å². The van der Waals surface area contributed by atoms with E-state index in [2.05, 4.69) is 10.6 Å². The van der Waals surface area contributed by atoms with Crippen LogP contribution in [0.15, 0.2) is 42.5 Å². The van der Waals surface area contributed by atoms with E-state index in [-0.39, 0.29) is 30.8 Å². The molecule has 142 valence electrons. The fraction of sp³-hybridized carbons (Fsp3) is 0.286. The van der Waals surface area contributed by atoms with Gasteiger partial charge in [0.05, 0.1) is 13.1 Å². The molecule has 2 N–H and O–H groups in total. The standard InChI is InChI=1S/C21H25N3O3/c1-14-7-5-9-17(11-14)21(27)22-12-20(26)24(4)13-19(25)23-18-10-6-8-15(2)16(18)3/h5-11H,12-13H2,1-4H3,(H,22,27)(H,23,25). The molecule has 0 atom stereocenters. The Hall–Kier alpha value is -3.15. The van der Waals surface area contributed by atoms with Gasteiger partial charge in [0.1, 0.15) is 0 Å². The Labute approximate surface area is 159 Å². The number of nitrogens with one attached hydrogen (secondary N) is 2. The predicted molar refractivity (Wildman–Crippen MR) is 106 cm³/mol. The van der Waals surface area contributed by atoms with Gasteiger partial charge in [-0.1, -0.05) is 29.8 Å². The molecule has 0 radical (unpaired) electrons. The molecule has 0 bridgehead atoms. The number of likely N-dealkylation sites (N-methyl/N-ethyl adjacent to an activating group) is 1. The lowest BCUT2D eigenvalue weighted by Crippen LogP contribution is -2.41. The molecular weight excluding hydrogens is 342 g/mol. The smallest absolute Gasteiger partial charge is 0.251 e. The lowest BCUT2D eigenvalue weighted by molar-refractivity contribution is -0.132. The summed E-state index contributed by atoms with van der Waals surface area (Å²) >= 11 is 0. The zero-order valence-corrected chi connectivity index (χ0v) is 16.1. The summed E-state index contributed by atoms with van der Waals surface area (Å²) in [5.41, 5.74) is 4.27. The SMILES string of the molecule is Cc1cccc(C(=O)NCC(=O)N(C)CC(=O)Nc2cccc(C)c2C)c1. The van der Waals surface area contributed by atoms with Crippen LogP contribution >= 0.6 is 0 Å². The highest BCUT2D eigenvalue weighted by molar-refractivity contribution is 5.98. The van der Waals surface area contributed by atoms with Crippen LogP contribution in [-0.2, 0) is 9.59 Å². The van der Waals surface area contributed by atoms with Crippen molar-refractivity contribution in [3.63, 3.8) is 0 Å². The number of hydrogen-bond acceptors (Lipinski definition) is 3. The topological polar surface area (TPSA) is 78.5 Å². The van der Waals surface area contributed by atoms with Crippen molar-refractivity contribution < 1.29 is 14.4 Å². The first-order chi connectivity index (χ1) is 12.8. The highest BCUT2D eigenvalue weighted by Gasteiger charge is 2.15. The summed E-state index contributed by atoms with van der Waals surface area (Å²) in [6.45, 7) is 5.54. The summed E-state index contributed by atoms with van der Waals surface area (Å²) in [4.78, 5) is 37.8. The largest absolute Gasteiger partial charge is 0.343 e. The molecule has 6 heteroatoms. The van der Waals surface area contributed by atoms with Gasteiger partial charge in [-0.15, -0.1) is 0 Å². The van der Waals surface area contributed by atoms with E-state index in [1.54, 1.807) is 18.2 Å². The van der Waals surface area contributed by atoms with Gasteiger partial charge in [0.25, 0.3) is 5.91 Å². The second-order valence-electron chi connectivity index (χ2n) is 6.60. The minimum absolute atomic E-state index is 0.0907. The van der Waals surface area contributed by atoms with Gasteiger partial charge in [0.2, 0.25) is 11.8 Å². The summed E-state index contributed by atoms with van der Waals surface area (Å²) in [5, 5.41) is 5.40. The van der Waals surface area contributed by atoms with Gasteiger partial charge >= 0.3 is 0 Å². The van der Waals surface area contributed by atoms with E-state index in [4.69, 9.17) is 0 Å². The van der Waals surface area contributed by atoms with E-state index in [1.807, 2.05) is 45.0 Å². The second-order valence-corrected chi connectivity index (χ2v) is 6.60. The molecule has 0 aliphatic heterocycles. The molecule has 2 aromatic carbocycles. The highest BCUT2D eigenvalue weighted by Crippen LogP contribution is 2.17. The maximum Gasteiger partial charge on any atom is 0.251 e. The van der Waals surface area contributed by atoms with Gasteiger partial charge < -0.3 is 15.5 Å². The Kier molecular flexibility index (Phi) is 6.71. The van der Waals surface area contributed by atoms with E-state index < -0.39 is 0 Å². The Morgan fingerprint density at radius 1 is 1.00 bits per heavy atom. The first-order valence-corrected chi connectivity index (χ1v) is 8.73. The van der Waals surface area contributed by atoms with Crippen LogP contribution in [0.1, 0.15) is 27.0 Å². The molecule has 0 saturated heterocycles. The Bertz CT molecular complexity index is 862. The molecule has 0 aliphatic rings. The predicted octanol–water partition coefficient (Wildman–Crippen LogP) is 2.44. The summed E-state index contributed by atoms with van der Waals surface area (Å²) in [6.07, 6.45) is 0. The number of rotatable bonds is 6. The molecule has 0 fully saturated rings. The maximum atomic E-state index is 12.2. The van der Waals surface area contributed by atoms with Crippen LogP contribution in [0.3, 0.4) is 0 Å². The third kappa shape index (κ3) is 5.67. The Balaban J connectivity index is 1.85. The van der Waals surface area contributed by atoms with E-state index in [0.29, 0.717) is 5.56 Å². The normalized spacial score (nSPS) is 10.2. The van der Waals surface area contributed by atoms with Crippen molar-refractivity contribution in [1.29, 1.82) is 0 Å². The number of benzene rings is 2. The first-order valence-electron chi connectivity index (χ1n) is 8.73. The lowest BCUT2D eigenvalue weighted by Gasteiger charge is -2.18. The van der Waals surface area contributed by atoms with Crippen LogP contribution in [-0.4, -0.2) is 42.8 Å². The van der Waals surface area contributed by atoms with Gasteiger partial charge in [-0.25, -0.2) is 0 Å². The third-order valence-corrected chi connectivity index (χ3v) is 4.37. The fourth-order valence-electron chi connectivity index (χ4n) is 2.56. The molecule has 0 unspecified atom stereocenters. The molecule has 2 aromatic rings. The van der Waals surface area contributed by atoms with Gasteiger partial charge in [-0.2, -0.15) is 0 Å². The molecule has 0 spiro atoms. The number of hydrogen-bond donors (Lipinski definition) is 2. The number of nitrogens with zero attached hydrogens (tertiary/aromatic N) is 1. The number of carbonyl (C=O) groups excluding carboxylic acids is 3. The molecule has 0 saturated carbocycles. The highest BCUT2D eigenvalue weighted by atomic mass is 16.2. The number of carbonyl (C=O) groups is 3. The number of amides is 3. The molecular formula is C21H25N3O3. The van der Waals surface area contributed by atoms with Crippen LogP contribution in [0.4, 0.5) is 5.69 Å². The van der Waals surface area contributed by atoms with Crippen molar-refractivity contribution in [2.75, 3.05) is 25.5 Å². The average molecular weight is 367 g/mol. The van der Waals surface area contributed by atoms with Crippen LogP contribution < -0.4 is 10.6 Å². The van der Waals surface area contributed by atoms with Crippen LogP contribution in [0.5, 0.6) is 0 Å². The summed E-state index contributed by atoms with van der Waals surface area (Å²) < 4.78 is 0. The Morgan fingerprint density at radius 2 is 1.70 bits per heavy atom. The fourth-order valence-corrected chi connectivity index (χ4v) is 2.56.